The Morgan fingerprint density at radius 1 is 1.14 bits per heavy atom. The van der Waals surface area contributed by atoms with Crippen LogP contribution < -0.4 is 5.32 Å². The van der Waals surface area contributed by atoms with Crippen molar-refractivity contribution in [3.8, 4) is 0 Å². The Bertz CT molecular complexity index is 722. The summed E-state index contributed by atoms with van der Waals surface area (Å²) in [4.78, 5) is 12.6. The fraction of sp³-hybridized carbons (Fsp3) is 0.133. The molecular formula is C15H13N3OS2. The number of carbonyl (C=O) groups excluding carboxylic acids is 1. The number of hydrogen-bond donors (Lipinski definition) is 1. The number of rotatable bonds is 4. The average molecular weight is 315 g/mol. The van der Waals surface area contributed by atoms with E-state index in [1.165, 1.54) is 28.2 Å². The highest BCUT2D eigenvalue weighted by molar-refractivity contribution is 7.15. The summed E-state index contributed by atoms with van der Waals surface area (Å²) in [5.74, 6) is 0.0242. The van der Waals surface area contributed by atoms with Crippen LogP contribution in [0.1, 0.15) is 33.1 Å². The van der Waals surface area contributed by atoms with Crippen molar-refractivity contribution >= 4 is 33.7 Å². The molecule has 3 rings (SSSR count). The second-order valence-electron chi connectivity index (χ2n) is 4.51. The lowest BCUT2D eigenvalue weighted by Crippen LogP contribution is -2.09. The second-order valence-corrected chi connectivity index (χ2v) is 6.47. The normalized spacial score (nSPS) is 12.0. The van der Waals surface area contributed by atoms with Crippen molar-refractivity contribution in [1.29, 1.82) is 0 Å². The van der Waals surface area contributed by atoms with Gasteiger partial charge >= 0.3 is 0 Å². The Hall–Kier alpha value is -2.05. The quantitative estimate of drug-likeness (QED) is 0.791. The molecule has 0 unspecified atom stereocenters. The molecule has 2 heterocycles. The van der Waals surface area contributed by atoms with Crippen LogP contribution in [0, 0.1) is 0 Å². The van der Waals surface area contributed by atoms with Crippen LogP contribution in [0.2, 0.25) is 0 Å². The number of nitrogens with zero attached hydrogens (tertiary/aromatic N) is 2. The molecule has 1 aromatic carbocycles. The lowest BCUT2D eigenvalue weighted by atomic mass is 10.0. The average Bonchev–Trinajstić information content (AvgIpc) is 3.19. The molecule has 2 aromatic heterocycles. The predicted molar refractivity (Wildman–Crippen MR) is 86.1 cm³/mol. The molecule has 4 nitrogen and oxygen atoms in total. The molecule has 1 N–H and O–H groups in total. The van der Waals surface area contributed by atoms with Gasteiger partial charge in [-0.15, -0.1) is 21.5 Å². The first-order valence-corrected chi connectivity index (χ1v) is 8.17. The molecule has 0 radical (unpaired) electrons. The van der Waals surface area contributed by atoms with Crippen LogP contribution in [0.25, 0.3) is 0 Å². The van der Waals surface area contributed by atoms with E-state index in [4.69, 9.17) is 0 Å². The molecule has 0 saturated heterocycles. The summed E-state index contributed by atoms with van der Waals surface area (Å²) in [6.45, 7) is 2.08. The molecular weight excluding hydrogens is 302 g/mol. The van der Waals surface area contributed by atoms with Crippen LogP contribution >= 0.6 is 22.7 Å². The number of amides is 1. The minimum Gasteiger partial charge on any atom is -0.296 e. The Kier molecular flexibility index (Phi) is 4.08. The summed E-state index contributed by atoms with van der Waals surface area (Å²) in [6.07, 6.45) is 0. The molecule has 0 spiro atoms. The number of anilines is 1. The highest BCUT2D eigenvalue weighted by Gasteiger charge is 2.15. The van der Waals surface area contributed by atoms with E-state index in [-0.39, 0.29) is 11.8 Å². The SMILES string of the molecule is C[C@H](c1ccccc1)c1nnc(NC(=O)c2cccs2)s1. The van der Waals surface area contributed by atoms with Gasteiger partial charge in [-0.2, -0.15) is 0 Å². The van der Waals surface area contributed by atoms with Gasteiger partial charge in [0, 0.05) is 5.92 Å². The van der Waals surface area contributed by atoms with Crippen molar-refractivity contribution < 1.29 is 4.79 Å². The summed E-state index contributed by atoms with van der Waals surface area (Å²) in [7, 11) is 0. The van der Waals surface area contributed by atoms with E-state index in [0.29, 0.717) is 10.0 Å². The van der Waals surface area contributed by atoms with Crippen molar-refractivity contribution in [1.82, 2.24) is 10.2 Å². The zero-order chi connectivity index (χ0) is 14.7. The Morgan fingerprint density at radius 2 is 1.95 bits per heavy atom. The number of carbonyl (C=O) groups is 1. The summed E-state index contributed by atoms with van der Waals surface area (Å²) >= 11 is 2.82. The molecule has 106 valence electrons. The summed E-state index contributed by atoms with van der Waals surface area (Å²) in [5, 5.41) is 14.3. The maximum absolute atomic E-state index is 12.0. The number of aromatic nitrogens is 2. The third-order valence-electron chi connectivity index (χ3n) is 3.08. The number of thiophene rings is 1. The van der Waals surface area contributed by atoms with Crippen molar-refractivity contribution in [3.63, 3.8) is 0 Å². The largest absolute Gasteiger partial charge is 0.296 e. The number of hydrogen-bond acceptors (Lipinski definition) is 5. The molecule has 1 atom stereocenters. The van der Waals surface area contributed by atoms with E-state index >= 15 is 0 Å². The highest BCUT2D eigenvalue weighted by Crippen LogP contribution is 2.28. The minimum atomic E-state index is -0.139. The molecule has 0 fully saturated rings. The van der Waals surface area contributed by atoms with Gasteiger partial charge in [0.05, 0.1) is 4.88 Å². The van der Waals surface area contributed by atoms with Crippen molar-refractivity contribution in [2.45, 2.75) is 12.8 Å². The number of nitrogens with one attached hydrogen (secondary N) is 1. The van der Waals surface area contributed by atoms with Gasteiger partial charge in [-0.05, 0) is 17.0 Å². The first-order valence-electron chi connectivity index (χ1n) is 6.47. The first-order chi connectivity index (χ1) is 10.2. The standard InChI is InChI=1S/C15H13N3OS2/c1-10(11-6-3-2-4-7-11)14-17-18-15(21-14)16-13(19)12-8-5-9-20-12/h2-10H,1H3,(H,16,18,19)/t10-/m1/s1. The Balaban J connectivity index is 1.73. The van der Waals surface area contributed by atoms with Crippen LogP contribution in [-0.2, 0) is 0 Å². The van der Waals surface area contributed by atoms with Crippen LogP contribution in [0.3, 0.4) is 0 Å². The molecule has 6 heteroatoms. The number of benzene rings is 1. The van der Waals surface area contributed by atoms with Gasteiger partial charge in [-0.25, -0.2) is 0 Å². The fourth-order valence-electron chi connectivity index (χ4n) is 1.91. The lowest BCUT2D eigenvalue weighted by Gasteiger charge is -2.06. The molecule has 3 aromatic rings. The van der Waals surface area contributed by atoms with Gasteiger partial charge in [0.2, 0.25) is 5.13 Å². The van der Waals surface area contributed by atoms with Crippen LogP contribution in [0.5, 0.6) is 0 Å². The predicted octanol–water partition coefficient (Wildman–Crippen LogP) is 4.00. The van der Waals surface area contributed by atoms with E-state index in [0.717, 1.165) is 5.01 Å². The van der Waals surface area contributed by atoms with Gasteiger partial charge in [0.1, 0.15) is 5.01 Å². The maximum Gasteiger partial charge on any atom is 0.267 e. The van der Waals surface area contributed by atoms with Gasteiger partial charge in [-0.1, -0.05) is 54.7 Å². The molecule has 0 aliphatic heterocycles. The topological polar surface area (TPSA) is 54.9 Å². The summed E-state index contributed by atoms with van der Waals surface area (Å²) in [6, 6.07) is 13.8. The van der Waals surface area contributed by atoms with E-state index in [1.54, 1.807) is 6.07 Å². The third-order valence-corrected chi connectivity index (χ3v) is 4.97. The summed E-state index contributed by atoms with van der Waals surface area (Å²) < 4.78 is 0. The molecule has 0 aliphatic carbocycles. The second kappa shape index (κ2) is 6.15. The van der Waals surface area contributed by atoms with Gasteiger partial charge in [0.25, 0.3) is 5.91 Å². The van der Waals surface area contributed by atoms with Gasteiger partial charge < -0.3 is 0 Å². The lowest BCUT2D eigenvalue weighted by molar-refractivity contribution is 0.103. The van der Waals surface area contributed by atoms with Gasteiger partial charge in [0.15, 0.2) is 0 Å². The maximum atomic E-state index is 12.0. The summed E-state index contributed by atoms with van der Waals surface area (Å²) in [5.41, 5.74) is 1.18. The van der Waals surface area contributed by atoms with Crippen molar-refractivity contribution in [3.05, 3.63) is 63.3 Å². The minimum absolute atomic E-state index is 0.139. The van der Waals surface area contributed by atoms with E-state index in [1.807, 2.05) is 29.6 Å². The van der Waals surface area contributed by atoms with E-state index in [2.05, 4.69) is 34.6 Å². The Labute approximate surface area is 130 Å². The zero-order valence-electron chi connectivity index (χ0n) is 11.3. The Morgan fingerprint density at radius 3 is 2.67 bits per heavy atom. The van der Waals surface area contributed by atoms with Crippen LogP contribution in [0.15, 0.2) is 47.8 Å². The first kappa shape index (κ1) is 13.9. The fourth-order valence-corrected chi connectivity index (χ4v) is 3.35. The molecule has 1 amide bonds. The molecule has 0 saturated carbocycles. The molecule has 0 aliphatic rings. The smallest absolute Gasteiger partial charge is 0.267 e. The van der Waals surface area contributed by atoms with Crippen molar-refractivity contribution in [2.75, 3.05) is 5.32 Å². The molecule has 21 heavy (non-hydrogen) atoms. The highest BCUT2D eigenvalue weighted by atomic mass is 32.1. The van der Waals surface area contributed by atoms with Gasteiger partial charge in [-0.3, -0.25) is 10.1 Å². The monoisotopic (exact) mass is 315 g/mol. The van der Waals surface area contributed by atoms with E-state index < -0.39 is 0 Å². The van der Waals surface area contributed by atoms with Crippen LogP contribution in [0.4, 0.5) is 5.13 Å². The zero-order valence-corrected chi connectivity index (χ0v) is 12.9. The van der Waals surface area contributed by atoms with Crippen LogP contribution in [-0.4, -0.2) is 16.1 Å². The molecule has 0 bridgehead atoms. The van der Waals surface area contributed by atoms with Crippen molar-refractivity contribution in [2.24, 2.45) is 0 Å². The third kappa shape index (κ3) is 3.17. The van der Waals surface area contributed by atoms with E-state index in [9.17, 15) is 4.79 Å².